The van der Waals surface area contributed by atoms with Crippen molar-refractivity contribution >= 4 is 29.5 Å². The molecule has 0 saturated carbocycles. The largest absolute Gasteiger partial charge is 0.478 e. The smallest absolute Gasteiger partial charge is 0.335 e. The predicted molar refractivity (Wildman–Crippen MR) is 149 cm³/mol. The SMILES string of the molecule is Cc1cc(C)c(SN(C)CC(=O)N(Cc2ccc(C(C)(C)C)cc2)c2ccc(C(=O)O)cc2)c(C)c1. The van der Waals surface area contributed by atoms with Crippen LogP contribution in [-0.4, -0.2) is 34.9 Å². The molecule has 0 radical (unpaired) electrons. The number of carboxylic acids is 1. The van der Waals surface area contributed by atoms with Crippen molar-refractivity contribution in [1.29, 1.82) is 0 Å². The van der Waals surface area contributed by atoms with Gasteiger partial charge in [-0.15, -0.1) is 0 Å². The standard InChI is InChI=1S/C30H36N2O3S/c1-20-16-21(2)28(22(3)17-20)36-31(7)19-27(33)32(26-14-10-24(11-15-26)29(34)35)18-23-8-12-25(13-9-23)30(4,5)6/h8-17H,18-19H2,1-7H3,(H,34,35). The summed E-state index contributed by atoms with van der Waals surface area (Å²) in [5.41, 5.74) is 6.77. The zero-order chi connectivity index (χ0) is 26.6. The van der Waals surface area contributed by atoms with Gasteiger partial charge in [0.15, 0.2) is 0 Å². The Morgan fingerprint density at radius 3 is 1.94 bits per heavy atom. The molecule has 0 heterocycles. The molecule has 3 aromatic carbocycles. The molecule has 190 valence electrons. The molecule has 36 heavy (non-hydrogen) atoms. The third-order valence-electron chi connectivity index (χ3n) is 6.10. The number of hydrogen-bond acceptors (Lipinski definition) is 4. The van der Waals surface area contributed by atoms with Crippen LogP contribution in [0.5, 0.6) is 0 Å². The average Bonchev–Trinajstić information content (AvgIpc) is 2.79. The highest BCUT2D eigenvalue weighted by atomic mass is 32.2. The van der Waals surface area contributed by atoms with Crippen LogP contribution in [0.4, 0.5) is 5.69 Å². The maximum atomic E-state index is 13.6. The van der Waals surface area contributed by atoms with E-state index in [1.807, 2.05) is 11.4 Å². The van der Waals surface area contributed by atoms with Crippen LogP contribution in [0.15, 0.2) is 65.6 Å². The molecule has 6 heteroatoms. The Labute approximate surface area is 219 Å². The monoisotopic (exact) mass is 504 g/mol. The van der Waals surface area contributed by atoms with Gasteiger partial charge in [0, 0.05) is 10.6 Å². The second-order valence-corrected chi connectivity index (χ2v) is 11.6. The summed E-state index contributed by atoms with van der Waals surface area (Å²) in [7, 11) is 1.92. The van der Waals surface area contributed by atoms with Crippen molar-refractivity contribution in [2.45, 2.75) is 58.4 Å². The van der Waals surface area contributed by atoms with E-state index in [4.69, 9.17) is 0 Å². The number of hydrogen-bond donors (Lipinski definition) is 1. The number of rotatable bonds is 8. The molecule has 0 saturated heterocycles. The van der Waals surface area contributed by atoms with Gasteiger partial charge in [0.1, 0.15) is 0 Å². The summed E-state index contributed by atoms with van der Waals surface area (Å²) in [4.78, 5) is 27.8. The fourth-order valence-electron chi connectivity index (χ4n) is 4.17. The number of nitrogens with zero attached hydrogens (tertiary/aromatic N) is 2. The van der Waals surface area contributed by atoms with Gasteiger partial charge in [-0.25, -0.2) is 9.10 Å². The van der Waals surface area contributed by atoms with E-state index in [-0.39, 0.29) is 23.4 Å². The molecule has 0 aliphatic rings. The van der Waals surface area contributed by atoms with E-state index in [1.54, 1.807) is 29.0 Å². The normalized spacial score (nSPS) is 11.6. The van der Waals surface area contributed by atoms with Crippen LogP contribution in [0.1, 0.15) is 58.9 Å². The molecular formula is C30H36N2O3S. The van der Waals surface area contributed by atoms with E-state index >= 15 is 0 Å². The van der Waals surface area contributed by atoms with Crippen molar-refractivity contribution in [3.63, 3.8) is 0 Å². The zero-order valence-electron chi connectivity index (χ0n) is 22.3. The van der Waals surface area contributed by atoms with Gasteiger partial charge in [-0.3, -0.25) is 4.79 Å². The highest BCUT2D eigenvalue weighted by Crippen LogP contribution is 2.30. The summed E-state index contributed by atoms with van der Waals surface area (Å²) in [6.07, 6.45) is 0. The fourth-order valence-corrected chi connectivity index (χ4v) is 5.07. The van der Waals surface area contributed by atoms with Gasteiger partial charge in [0.2, 0.25) is 5.91 Å². The summed E-state index contributed by atoms with van der Waals surface area (Å²) in [6, 6.07) is 19.1. The Morgan fingerprint density at radius 2 is 1.44 bits per heavy atom. The summed E-state index contributed by atoms with van der Waals surface area (Å²) < 4.78 is 1.95. The second kappa shape index (κ2) is 11.3. The number of carboxylic acid groups (broad SMARTS) is 1. The van der Waals surface area contributed by atoms with Gasteiger partial charge in [-0.05, 0) is 91.7 Å². The van der Waals surface area contributed by atoms with Crippen LogP contribution in [0.2, 0.25) is 0 Å². The Balaban J connectivity index is 1.84. The van der Waals surface area contributed by atoms with Crippen LogP contribution in [0, 0.1) is 20.8 Å². The molecule has 1 amide bonds. The van der Waals surface area contributed by atoms with Gasteiger partial charge >= 0.3 is 5.97 Å². The maximum absolute atomic E-state index is 13.6. The second-order valence-electron chi connectivity index (χ2n) is 10.4. The van der Waals surface area contributed by atoms with Gasteiger partial charge in [0.05, 0.1) is 18.7 Å². The predicted octanol–water partition coefficient (Wildman–Crippen LogP) is 6.78. The van der Waals surface area contributed by atoms with Gasteiger partial charge in [0.25, 0.3) is 0 Å². The molecule has 0 aliphatic carbocycles. The third kappa shape index (κ3) is 6.99. The first-order valence-electron chi connectivity index (χ1n) is 12.0. The van der Waals surface area contributed by atoms with Gasteiger partial charge in [-0.1, -0.05) is 62.7 Å². The first-order valence-corrected chi connectivity index (χ1v) is 12.8. The number of aryl methyl sites for hydroxylation is 3. The molecule has 0 aromatic heterocycles. The van der Waals surface area contributed by atoms with Gasteiger partial charge in [-0.2, -0.15) is 0 Å². The molecule has 0 spiro atoms. The lowest BCUT2D eigenvalue weighted by atomic mass is 9.87. The minimum absolute atomic E-state index is 0.0485. The number of carbonyl (C=O) groups is 2. The Kier molecular flexibility index (Phi) is 8.64. The van der Waals surface area contributed by atoms with Crippen LogP contribution in [0.3, 0.4) is 0 Å². The van der Waals surface area contributed by atoms with Crippen molar-refractivity contribution in [2.24, 2.45) is 0 Å². The summed E-state index contributed by atoms with van der Waals surface area (Å²) in [5.74, 6) is -1.05. The Morgan fingerprint density at radius 1 is 0.889 bits per heavy atom. The van der Waals surface area contributed by atoms with E-state index in [0.717, 1.165) is 10.5 Å². The Hall–Kier alpha value is -3.09. The van der Waals surface area contributed by atoms with Crippen molar-refractivity contribution < 1.29 is 14.7 Å². The highest BCUT2D eigenvalue weighted by molar-refractivity contribution is 7.97. The molecule has 0 bridgehead atoms. The van der Waals surface area contributed by atoms with Crippen LogP contribution >= 0.6 is 11.9 Å². The van der Waals surface area contributed by atoms with E-state index < -0.39 is 5.97 Å². The molecule has 0 unspecified atom stereocenters. The quantitative estimate of drug-likeness (QED) is 0.343. The van der Waals surface area contributed by atoms with Crippen molar-refractivity contribution in [3.05, 3.63) is 94.0 Å². The van der Waals surface area contributed by atoms with E-state index in [1.165, 1.54) is 34.4 Å². The molecule has 1 N–H and O–H groups in total. The third-order valence-corrected chi connectivity index (χ3v) is 7.36. The molecule has 5 nitrogen and oxygen atoms in total. The van der Waals surface area contributed by atoms with Crippen LogP contribution in [-0.2, 0) is 16.8 Å². The van der Waals surface area contributed by atoms with Crippen molar-refractivity contribution in [2.75, 3.05) is 18.5 Å². The molecule has 0 atom stereocenters. The molecular weight excluding hydrogens is 468 g/mol. The molecule has 3 rings (SSSR count). The average molecular weight is 505 g/mol. The number of benzene rings is 3. The number of amides is 1. The van der Waals surface area contributed by atoms with E-state index in [0.29, 0.717) is 12.2 Å². The number of likely N-dealkylation sites (N-methyl/N-ethyl adjacent to an activating group) is 1. The summed E-state index contributed by atoms with van der Waals surface area (Å²) >= 11 is 1.57. The zero-order valence-corrected chi connectivity index (χ0v) is 23.1. The topological polar surface area (TPSA) is 60.9 Å². The number of aromatic carboxylic acids is 1. The summed E-state index contributed by atoms with van der Waals surface area (Å²) in [6.45, 7) is 13.4. The Bertz CT molecular complexity index is 1210. The fraction of sp³-hybridized carbons (Fsp3) is 0.333. The minimum Gasteiger partial charge on any atom is -0.478 e. The van der Waals surface area contributed by atoms with Crippen LogP contribution < -0.4 is 4.90 Å². The van der Waals surface area contributed by atoms with E-state index in [2.05, 4.69) is 77.9 Å². The van der Waals surface area contributed by atoms with Crippen molar-refractivity contribution in [1.82, 2.24) is 4.31 Å². The minimum atomic E-state index is -0.989. The number of carbonyl (C=O) groups excluding carboxylic acids is 1. The first-order chi connectivity index (χ1) is 16.8. The summed E-state index contributed by atoms with van der Waals surface area (Å²) in [5, 5.41) is 9.28. The highest BCUT2D eigenvalue weighted by Gasteiger charge is 2.21. The lowest BCUT2D eigenvalue weighted by molar-refractivity contribution is -0.118. The lowest BCUT2D eigenvalue weighted by Gasteiger charge is -2.27. The molecule has 3 aromatic rings. The number of anilines is 1. The van der Waals surface area contributed by atoms with E-state index in [9.17, 15) is 14.7 Å². The first kappa shape index (κ1) is 27.5. The molecule has 0 fully saturated rings. The van der Waals surface area contributed by atoms with Crippen molar-refractivity contribution in [3.8, 4) is 0 Å². The maximum Gasteiger partial charge on any atom is 0.335 e. The van der Waals surface area contributed by atoms with Gasteiger partial charge < -0.3 is 10.0 Å². The lowest BCUT2D eigenvalue weighted by Crippen LogP contribution is -2.37. The molecule has 0 aliphatic heterocycles. The van der Waals surface area contributed by atoms with Crippen LogP contribution in [0.25, 0.3) is 0 Å².